The molecule has 0 unspecified atom stereocenters. The van der Waals surface area contributed by atoms with Gasteiger partial charge in [-0.25, -0.2) is 4.98 Å². The van der Waals surface area contributed by atoms with Crippen molar-refractivity contribution < 1.29 is 9.53 Å². The summed E-state index contributed by atoms with van der Waals surface area (Å²) in [4.78, 5) is 16.3. The van der Waals surface area contributed by atoms with E-state index in [-0.39, 0.29) is 12.2 Å². The number of Topliss-reactive ketones (excluding diaryl/α,β-unsaturated/α-hetero) is 1. The van der Waals surface area contributed by atoms with Crippen LogP contribution in [-0.2, 0) is 7.05 Å². The van der Waals surface area contributed by atoms with E-state index in [1.165, 1.54) is 0 Å². The lowest BCUT2D eigenvalue weighted by Gasteiger charge is -2.24. The van der Waals surface area contributed by atoms with E-state index in [1.54, 1.807) is 36.0 Å². The quantitative estimate of drug-likeness (QED) is 0.810. The number of benzene rings is 1. The first-order valence-electron chi connectivity index (χ1n) is 5.73. The number of carbonyl (C=O) groups is 1. The summed E-state index contributed by atoms with van der Waals surface area (Å²) < 4.78 is 7.52. The van der Waals surface area contributed by atoms with E-state index >= 15 is 0 Å². The van der Waals surface area contributed by atoms with Gasteiger partial charge in [0.1, 0.15) is 10.9 Å². The van der Waals surface area contributed by atoms with Crippen molar-refractivity contribution in [2.45, 2.75) is 12.5 Å². The fourth-order valence-electron chi connectivity index (χ4n) is 2.14. The molecule has 0 aliphatic carbocycles. The first-order valence-corrected chi connectivity index (χ1v) is 6.48. The highest BCUT2D eigenvalue weighted by Crippen LogP contribution is 2.36. The van der Waals surface area contributed by atoms with Crippen molar-refractivity contribution >= 4 is 29.0 Å². The van der Waals surface area contributed by atoms with Gasteiger partial charge in [-0.05, 0) is 18.2 Å². The molecule has 1 atom stereocenters. The number of nitrogens with zero attached hydrogens (tertiary/aromatic N) is 2. The van der Waals surface area contributed by atoms with Gasteiger partial charge >= 0.3 is 0 Å². The van der Waals surface area contributed by atoms with E-state index in [0.29, 0.717) is 27.3 Å². The number of hydrogen-bond donors (Lipinski definition) is 0. The van der Waals surface area contributed by atoms with Crippen molar-refractivity contribution in [1.29, 1.82) is 0 Å². The lowest BCUT2D eigenvalue weighted by Crippen LogP contribution is -2.22. The summed E-state index contributed by atoms with van der Waals surface area (Å²) in [5, 5.41) is 1.03. The number of ether oxygens (including phenoxy) is 1. The maximum absolute atomic E-state index is 12.1. The van der Waals surface area contributed by atoms with E-state index in [0.717, 1.165) is 0 Å². The van der Waals surface area contributed by atoms with Crippen molar-refractivity contribution in [3.8, 4) is 5.75 Å². The number of aromatic nitrogens is 2. The van der Waals surface area contributed by atoms with E-state index < -0.39 is 6.10 Å². The second-order valence-corrected chi connectivity index (χ2v) is 5.20. The molecule has 0 spiro atoms. The van der Waals surface area contributed by atoms with Crippen LogP contribution in [0.4, 0.5) is 0 Å². The minimum Gasteiger partial charge on any atom is -0.481 e. The van der Waals surface area contributed by atoms with E-state index in [2.05, 4.69) is 4.98 Å². The highest BCUT2D eigenvalue weighted by molar-refractivity contribution is 6.31. The molecule has 0 amide bonds. The Morgan fingerprint density at radius 1 is 1.42 bits per heavy atom. The molecule has 1 aliphatic heterocycles. The van der Waals surface area contributed by atoms with Crippen LogP contribution in [0.1, 0.15) is 28.7 Å². The highest BCUT2D eigenvalue weighted by Gasteiger charge is 2.30. The monoisotopic (exact) mass is 296 g/mol. The molecule has 1 aromatic heterocycles. The summed E-state index contributed by atoms with van der Waals surface area (Å²) in [7, 11) is 1.79. The predicted octanol–water partition coefficient (Wildman–Crippen LogP) is 3.43. The van der Waals surface area contributed by atoms with Gasteiger partial charge in [0.25, 0.3) is 0 Å². The fourth-order valence-corrected chi connectivity index (χ4v) is 2.45. The van der Waals surface area contributed by atoms with Gasteiger partial charge in [0.2, 0.25) is 0 Å². The average molecular weight is 297 g/mol. The molecule has 0 N–H and O–H groups in total. The van der Waals surface area contributed by atoms with Crippen LogP contribution in [0.3, 0.4) is 0 Å². The number of carbonyl (C=O) groups excluding carboxylic acids is 1. The third-order valence-corrected chi connectivity index (χ3v) is 3.72. The summed E-state index contributed by atoms with van der Waals surface area (Å²) in [6.45, 7) is 0. The van der Waals surface area contributed by atoms with Gasteiger partial charge < -0.3 is 9.30 Å². The molecule has 0 saturated heterocycles. The predicted molar refractivity (Wildman–Crippen MR) is 72.0 cm³/mol. The standard InChI is InChI=1S/C13H10Cl2N2O2/c1-17-12(15)6-16-13(17)11-5-9(18)8-4-7(14)2-3-10(8)19-11/h2-4,6,11H,5H2,1H3/t11-/m1/s1. The second-order valence-electron chi connectivity index (χ2n) is 4.37. The van der Waals surface area contributed by atoms with Gasteiger partial charge in [-0.2, -0.15) is 0 Å². The third-order valence-electron chi connectivity index (χ3n) is 3.14. The largest absolute Gasteiger partial charge is 0.481 e. The summed E-state index contributed by atoms with van der Waals surface area (Å²) in [5.74, 6) is 1.16. The topological polar surface area (TPSA) is 44.1 Å². The lowest BCUT2D eigenvalue weighted by atomic mass is 10.0. The molecule has 3 rings (SSSR count). The molecule has 98 valence electrons. The number of ketones is 1. The zero-order valence-electron chi connectivity index (χ0n) is 10.1. The minimum atomic E-state index is -0.418. The fraction of sp³-hybridized carbons (Fsp3) is 0.231. The average Bonchev–Trinajstić information content (AvgIpc) is 2.71. The van der Waals surface area contributed by atoms with Crippen LogP contribution in [-0.4, -0.2) is 15.3 Å². The maximum atomic E-state index is 12.1. The van der Waals surface area contributed by atoms with Gasteiger partial charge in [0.15, 0.2) is 17.7 Å². The first kappa shape index (κ1) is 12.5. The maximum Gasteiger partial charge on any atom is 0.170 e. The number of hydrogen-bond acceptors (Lipinski definition) is 3. The Morgan fingerprint density at radius 2 is 2.21 bits per heavy atom. The van der Waals surface area contributed by atoms with Crippen LogP contribution in [0.5, 0.6) is 5.75 Å². The zero-order valence-corrected chi connectivity index (χ0v) is 11.6. The first-order chi connectivity index (χ1) is 9.06. The highest BCUT2D eigenvalue weighted by atomic mass is 35.5. The molecule has 0 bridgehead atoms. The Labute approximate surface area is 119 Å². The number of rotatable bonds is 1. The Balaban J connectivity index is 1.99. The zero-order chi connectivity index (χ0) is 13.6. The second kappa shape index (κ2) is 4.54. The van der Waals surface area contributed by atoms with E-state index in [4.69, 9.17) is 27.9 Å². The smallest absolute Gasteiger partial charge is 0.170 e. The van der Waals surface area contributed by atoms with Gasteiger partial charge in [-0.3, -0.25) is 4.79 Å². The molecular formula is C13H10Cl2N2O2. The van der Waals surface area contributed by atoms with Gasteiger partial charge in [-0.15, -0.1) is 0 Å². The molecule has 1 aromatic carbocycles. The van der Waals surface area contributed by atoms with Crippen molar-refractivity contribution in [3.05, 3.63) is 46.0 Å². The summed E-state index contributed by atoms with van der Waals surface area (Å²) in [6.07, 6.45) is 1.36. The number of fused-ring (bicyclic) bond motifs is 1. The Bertz CT molecular complexity index is 667. The van der Waals surface area contributed by atoms with E-state index in [9.17, 15) is 4.79 Å². The molecular weight excluding hydrogens is 287 g/mol. The molecule has 19 heavy (non-hydrogen) atoms. The SMILES string of the molecule is Cn1c(Cl)cnc1[C@H]1CC(=O)c2cc(Cl)ccc2O1. The summed E-state index contributed by atoms with van der Waals surface area (Å²) >= 11 is 11.8. The minimum absolute atomic E-state index is 0.00660. The lowest BCUT2D eigenvalue weighted by molar-refractivity contribution is 0.0835. The van der Waals surface area contributed by atoms with Crippen molar-refractivity contribution in [2.75, 3.05) is 0 Å². The number of imidazole rings is 1. The van der Waals surface area contributed by atoms with Crippen LogP contribution < -0.4 is 4.74 Å². The number of halogens is 2. The van der Waals surface area contributed by atoms with Crippen LogP contribution >= 0.6 is 23.2 Å². The Hall–Kier alpha value is -1.52. The van der Waals surface area contributed by atoms with Crippen molar-refractivity contribution in [1.82, 2.24) is 9.55 Å². The molecule has 2 heterocycles. The van der Waals surface area contributed by atoms with Crippen molar-refractivity contribution in [2.24, 2.45) is 7.05 Å². The van der Waals surface area contributed by atoms with E-state index in [1.807, 2.05) is 0 Å². The summed E-state index contributed by atoms with van der Waals surface area (Å²) in [5.41, 5.74) is 0.518. The molecule has 6 heteroatoms. The van der Waals surface area contributed by atoms with Crippen molar-refractivity contribution in [3.63, 3.8) is 0 Å². The molecule has 0 radical (unpaired) electrons. The van der Waals surface area contributed by atoms with Crippen LogP contribution in [0.2, 0.25) is 10.2 Å². The van der Waals surface area contributed by atoms with Crippen LogP contribution in [0, 0.1) is 0 Å². The van der Waals surface area contributed by atoms with Gasteiger partial charge in [-0.1, -0.05) is 23.2 Å². The normalized spacial score (nSPS) is 18.1. The molecule has 0 fully saturated rings. The van der Waals surface area contributed by atoms with Gasteiger partial charge in [0.05, 0.1) is 18.2 Å². The Morgan fingerprint density at radius 3 is 2.89 bits per heavy atom. The molecule has 1 aliphatic rings. The summed E-state index contributed by atoms with van der Waals surface area (Å²) in [6, 6.07) is 5.02. The Kier molecular flexibility index (Phi) is 2.99. The molecule has 0 saturated carbocycles. The molecule has 4 nitrogen and oxygen atoms in total. The molecule has 2 aromatic rings. The van der Waals surface area contributed by atoms with Crippen LogP contribution in [0.25, 0.3) is 0 Å². The van der Waals surface area contributed by atoms with Crippen LogP contribution in [0.15, 0.2) is 24.4 Å². The third kappa shape index (κ3) is 2.11. The van der Waals surface area contributed by atoms with Gasteiger partial charge in [0, 0.05) is 12.1 Å².